The molecule has 0 radical (unpaired) electrons. The van der Waals surface area contributed by atoms with E-state index in [1.54, 1.807) is 0 Å². The van der Waals surface area contributed by atoms with Gasteiger partial charge in [-0.15, -0.1) is 16.4 Å². The fourth-order valence-corrected chi connectivity index (χ4v) is 4.03. The Morgan fingerprint density at radius 2 is 2.19 bits per heavy atom. The molecular weight excluding hydrogens is 290 g/mol. The highest BCUT2D eigenvalue weighted by atomic mass is 32.1. The van der Waals surface area contributed by atoms with Crippen LogP contribution < -0.4 is 5.56 Å². The van der Waals surface area contributed by atoms with E-state index in [0.29, 0.717) is 16.1 Å². The van der Waals surface area contributed by atoms with E-state index in [0.717, 1.165) is 29.5 Å². The quantitative estimate of drug-likeness (QED) is 0.914. The summed E-state index contributed by atoms with van der Waals surface area (Å²) in [5.74, 6) is -0.493. The van der Waals surface area contributed by atoms with Crippen molar-refractivity contribution in [3.05, 3.63) is 20.8 Å². The summed E-state index contributed by atoms with van der Waals surface area (Å²) in [6.45, 7) is 5.11. The zero-order chi connectivity index (χ0) is 15.4. The number of hydrogen-bond donors (Lipinski definition) is 1. The van der Waals surface area contributed by atoms with E-state index in [1.165, 1.54) is 30.1 Å². The molecule has 1 N–H and O–H groups in total. The SMILES string of the molecule is CC1CCc2c(sc3nnn(C(C)(C)C(=O)O)c(=O)c23)C1. The van der Waals surface area contributed by atoms with E-state index in [4.69, 9.17) is 0 Å². The molecule has 1 unspecified atom stereocenters. The second-order valence-corrected chi connectivity index (χ2v) is 7.29. The molecule has 112 valence electrons. The normalized spacial score (nSPS) is 18.7. The van der Waals surface area contributed by atoms with E-state index in [9.17, 15) is 14.7 Å². The first kappa shape index (κ1) is 14.2. The number of carboxylic acids is 1. The van der Waals surface area contributed by atoms with Crippen molar-refractivity contribution in [2.24, 2.45) is 5.92 Å². The van der Waals surface area contributed by atoms with Crippen molar-refractivity contribution < 1.29 is 9.90 Å². The summed E-state index contributed by atoms with van der Waals surface area (Å²) in [5, 5.41) is 17.8. The van der Waals surface area contributed by atoms with Gasteiger partial charge in [0, 0.05) is 4.88 Å². The highest BCUT2D eigenvalue weighted by Crippen LogP contribution is 2.35. The van der Waals surface area contributed by atoms with Crippen LogP contribution in [0.4, 0.5) is 0 Å². The molecule has 3 rings (SSSR count). The van der Waals surface area contributed by atoms with Gasteiger partial charge in [-0.2, -0.15) is 4.68 Å². The maximum Gasteiger partial charge on any atom is 0.331 e. The van der Waals surface area contributed by atoms with E-state index in [2.05, 4.69) is 17.2 Å². The minimum Gasteiger partial charge on any atom is -0.479 e. The van der Waals surface area contributed by atoms with Gasteiger partial charge in [-0.3, -0.25) is 4.79 Å². The Balaban J connectivity index is 2.27. The number of nitrogens with zero attached hydrogens (tertiary/aromatic N) is 3. The maximum absolute atomic E-state index is 12.7. The van der Waals surface area contributed by atoms with Crippen LogP contribution in [0.2, 0.25) is 0 Å². The van der Waals surface area contributed by atoms with Crippen LogP contribution in [0, 0.1) is 5.92 Å². The molecule has 0 bridgehead atoms. The minimum absolute atomic E-state index is 0.348. The molecular formula is C14H17N3O3S. The molecule has 1 atom stereocenters. The van der Waals surface area contributed by atoms with Crippen LogP contribution in [0.25, 0.3) is 10.2 Å². The van der Waals surface area contributed by atoms with Crippen molar-refractivity contribution in [3.8, 4) is 0 Å². The average Bonchev–Trinajstić information content (AvgIpc) is 2.76. The van der Waals surface area contributed by atoms with Gasteiger partial charge in [-0.1, -0.05) is 12.1 Å². The van der Waals surface area contributed by atoms with Gasteiger partial charge in [0.2, 0.25) is 0 Å². The average molecular weight is 307 g/mol. The lowest BCUT2D eigenvalue weighted by molar-refractivity contribution is -0.146. The first-order valence-electron chi connectivity index (χ1n) is 6.96. The molecule has 6 nitrogen and oxygen atoms in total. The second kappa shape index (κ2) is 4.62. The lowest BCUT2D eigenvalue weighted by Gasteiger charge is -2.20. The highest BCUT2D eigenvalue weighted by Gasteiger charge is 2.34. The molecule has 0 spiro atoms. The Bertz CT molecular complexity index is 791. The summed E-state index contributed by atoms with van der Waals surface area (Å²) >= 11 is 1.51. The minimum atomic E-state index is -1.41. The van der Waals surface area contributed by atoms with Crippen molar-refractivity contribution in [2.75, 3.05) is 0 Å². The Labute approximate surface area is 125 Å². The number of carbonyl (C=O) groups is 1. The molecule has 2 heterocycles. The lowest BCUT2D eigenvalue weighted by Crippen LogP contribution is -2.44. The number of carboxylic acid groups (broad SMARTS) is 1. The second-order valence-electron chi connectivity index (χ2n) is 6.20. The molecule has 2 aromatic rings. The molecule has 0 aliphatic heterocycles. The zero-order valence-corrected chi connectivity index (χ0v) is 13.0. The molecule has 0 aromatic carbocycles. The number of rotatable bonds is 2. The van der Waals surface area contributed by atoms with Crippen LogP contribution in [-0.2, 0) is 23.2 Å². The van der Waals surface area contributed by atoms with Gasteiger partial charge in [0.15, 0.2) is 10.4 Å². The van der Waals surface area contributed by atoms with Crippen LogP contribution in [0.15, 0.2) is 4.79 Å². The van der Waals surface area contributed by atoms with Gasteiger partial charge in [-0.05, 0) is 44.6 Å². The fraction of sp³-hybridized carbons (Fsp3) is 0.571. The molecule has 0 amide bonds. The number of hydrogen-bond acceptors (Lipinski definition) is 5. The van der Waals surface area contributed by atoms with E-state index >= 15 is 0 Å². The number of aromatic nitrogens is 3. The van der Waals surface area contributed by atoms with Crippen molar-refractivity contribution in [3.63, 3.8) is 0 Å². The van der Waals surface area contributed by atoms with Crippen LogP contribution in [0.5, 0.6) is 0 Å². The Morgan fingerprint density at radius 3 is 2.86 bits per heavy atom. The summed E-state index contributed by atoms with van der Waals surface area (Å²) in [4.78, 5) is 25.9. The topological polar surface area (TPSA) is 85.1 Å². The summed E-state index contributed by atoms with van der Waals surface area (Å²) in [7, 11) is 0. The van der Waals surface area contributed by atoms with E-state index in [1.807, 2.05) is 0 Å². The van der Waals surface area contributed by atoms with Gasteiger partial charge < -0.3 is 5.11 Å². The Kier molecular flexibility index (Phi) is 3.12. The zero-order valence-electron chi connectivity index (χ0n) is 12.2. The molecule has 7 heteroatoms. The third-order valence-corrected chi connectivity index (χ3v) is 5.32. The van der Waals surface area contributed by atoms with Gasteiger partial charge >= 0.3 is 5.97 Å². The lowest BCUT2D eigenvalue weighted by atomic mass is 9.89. The summed E-state index contributed by atoms with van der Waals surface area (Å²) in [5.41, 5.74) is -0.711. The number of aliphatic carboxylic acids is 1. The molecule has 0 fully saturated rings. The van der Waals surface area contributed by atoms with Crippen molar-refractivity contribution in [2.45, 2.75) is 45.6 Å². The van der Waals surface area contributed by atoms with Crippen LogP contribution in [0.3, 0.4) is 0 Å². The summed E-state index contributed by atoms with van der Waals surface area (Å²) < 4.78 is 0.989. The third kappa shape index (κ3) is 2.07. The van der Waals surface area contributed by atoms with Crippen LogP contribution in [0.1, 0.15) is 37.6 Å². The predicted octanol–water partition coefficient (Wildman–Crippen LogP) is 1.80. The number of fused-ring (bicyclic) bond motifs is 3. The van der Waals surface area contributed by atoms with Crippen LogP contribution in [-0.4, -0.2) is 26.1 Å². The van der Waals surface area contributed by atoms with Gasteiger partial charge in [0.05, 0.1) is 5.39 Å². The third-order valence-electron chi connectivity index (χ3n) is 4.18. The smallest absolute Gasteiger partial charge is 0.331 e. The Morgan fingerprint density at radius 1 is 1.48 bits per heavy atom. The highest BCUT2D eigenvalue weighted by molar-refractivity contribution is 7.18. The Hall–Kier alpha value is -1.76. The molecule has 21 heavy (non-hydrogen) atoms. The summed E-state index contributed by atoms with van der Waals surface area (Å²) in [6, 6.07) is 0. The summed E-state index contributed by atoms with van der Waals surface area (Å²) in [6.07, 6.45) is 2.85. The molecule has 2 aromatic heterocycles. The maximum atomic E-state index is 12.7. The van der Waals surface area contributed by atoms with Crippen LogP contribution >= 0.6 is 11.3 Å². The number of aryl methyl sites for hydroxylation is 1. The standard InChI is InChI=1S/C14H17N3O3S/c1-7-4-5-8-9(6-7)21-11-10(8)12(18)17(16-15-11)14(2,3)13(19)20/h7H,4-6H2,1-3H3,(H,19,20). The van der Waals surface area contributed by atoms with Gasteiger partial charge in [-0.25, -0.2) is 4.79 Å². The fourth-order valence-electron chi connectivity index (χ4n) is 2.72. The van der Waals surface area contributed by atoms with Crippen molar-refractivity contribution in [1.29, 1.82) is 0 Å². The molecule has 0 saturated heterocycles. The first-order chi connectivity index (χ1) is 9.82. The monoisotopic (exact) mass is 307 g/mol. The van der Waals surface area contributed by atoms with Gasteiger partial charge in [0.25, 0.3) is 5.56 Å². The molecule has 1 aliphatic rings. The predicted molar refractivity (Wildman–Crippen MR) is 79.8 cm³/mol. The van der Waals surface area contributed by atoms with Crippen molar-refractivity contribution >= 4 is 27.5 Å². The van der Waals surface area contributed by atoms with E-state index < -0.39 is 11.5 Å². The molecule has 1 aliphatic carbocycles. The largest absolute Gasteiger partial charge is 0.479 e. The van der Waals surface area contributed by atoms with Gasteiger partial charge in [0.1, 0.15) is 0 Å². The van der Waals surface area contributed by atoms with Crippen molar-refractivity contribution in [1.82, 2.24) is 15.0 Å². The number of thiophene rings is 1. The van der Waals surface area contributed by atoms with E-state index in [-0.39, 0.29) is 5.56 Å². The molecule has 0 saturated carbocycles. The first-order valence-corrected chi connectivity index (χ1v) is 7.78.